The minimum Gasteiger partial charge on any atom is -0.391 e. The van der Waals surface area contributed by atoms with Crippen molar-refractivity contribution in [3.63, 3.8) is 0 Å². The van der Waals surface area contributed by atoms with Crippen LogP contribution < -0.4 is 5.73 Å². The molecular weight excluding hydrogens is 258 g/mol. The Hall–Kier alpha value is -1.14. The third kappa shape index (κ3) is 2.31. The maximum Gasteiger partial charge on any atom is 0.245 e. The van der Waals surface area contributed by atoms with Crippen LogP contribution >= 0.6 is 0 Å². The van der Waals surface area contributed by atoms with Crippen molar-refractivity contribution in [1.29, 1.82) is 0 Å². The molecule has 2 aliphatic heterocycles. The number of carbonyl (C=O) groups is 2. The summed E-state index contributed by atoms with van der Waals surface area (Å²) in [4.78, 5) is 27.7. The predicted octanol–water partition coefficient (Wildman–Crippen LogP) is -0.446. The van der Waals surface area contributed by atoms with Crippen LogP contribution in [0.4, 0.5) is 0 Å². The zero-order chi connectivity index (χ0) is 15.1. The molecule has 3 N–H and O–H groups in total. The number of aliphatic hydroxyl groups excluding tert-OH is 1. The van der Waals surface area contributed by atoms with E-state index in [1.165, 1.54) is 11.8 Å². The molecular formula is C14H25N3O3. The molecule has 2 rings (SSSR count). The zero-order valence-corrected chi connectivity index (χ0v) is 12.5. The van der Waals surface area contributed by atoms with Gasteiger partial charge in [0.1, 0.15) is 11.6 Å². The molecule has 6 nitrogen and oxygen atoms in total. The second-order valence-electron chi connectivity index (χ2n) is 6.50. The minimum atomic E-state index is -0.936. The van der Waals surface area contributed by atoms with Crippen molar-refractivity contribution in [3.8, 4) is 0 Å². The molecule has 114 valence electrons. The van der Waals surface area contributed by atoms with Crippen LogP contribution in [0.3, 0.4) is 0 Å². The molecule has 0 radical (unpaired) electrons. The third-order valence-corrected chi connectivity index (χ3v) is 4.38. The van der Waals surface area contributed by atoms with E-state index in [9.17, 15) is 14.7 Å². The molecule has 2 heterocycles. The van der Waals surface area contributed by atoms with Crippen LogP contribution in [-0.2, 0) is 9.59 Å². The Morgan fingerprint density at radius 1 is 1.45 bits per heavy atom. The van der Waals surface area contributed by atoms with Crippen molar-refractivity contribution >= 4 is 11.8 Å². The number of hydrogen-bond acceptors (Lipinski definition) is 4. The summed E-state index contributed by atoms with van der Waals surface area (Å²) in [5, 5.41) is 9.67. The summed E-state index contributed by atoms with van der Waals surface area (Å²) in [6.45, 7) is 8.07. The van der Waals surface area contributed by atoms with Crippen LogP contribution in [-0.4, -0.2) is 64.0 Å². The van der Waals surface area contributed by atoms with Gasteiger partial charge in [-0.2, -0.15) is 0 Å². The van der Waals surface area contributed by atoms with E-state index in [-0.39, 0.29) is 5.91 Å². The molecule has 0 aromatic heterocycles. The number of aliphatic hydroxyl groups is 1. The number of β-lactam (4-membered cyclic amide) rings is 1. The Labute approximate surface area is 119 Å². The average Bonchev–Trinajstić information content (AvgIpc) is 2.72. The summed E-state index contributed by atoms with van der Waals surface area (Å²) in [6, 6.07) is -0.908. The van der Waals surface area contributed by atoms with Crippen molar-refractivity contribution in [2.45, 2.75) is 51.3 Å². The van der Waals surface area contributed by atoms with E-state index in [0.717, 1.165) is 25.9 Å². The summed E-state index contributed by atoms with van der Waals surface area (Å²) in [6.07, 6.45) is 0.900. The Morgan fingerprint density at radius 3 is 2.55 bits per heavy atom. The normalized spacial score (nSPS) is 29.9. The summed E-state index contributed by atoms with van der Waals surface area (Å²) in [7, 11) is 0. The molecule has 0 unspecified atom stereocenters. The number of amides is 2. The lowest BCUT2D eigenvalue weighted by molar-refractivity contribution is -0.172. The van der Waals surface area contributed by atoms with Crippen LogP contribution in [0.25, 0.3) is 0 Å². The summed E-state index contributed by atoms with van der Waals surface area (Å²) in [5.74, 6) is -0.201. The molecule has 2 fully saturated rings. The molecule has 0 aromatic rings. The highest BCUT2D eigenvalue weighted by Gasteiger charge is 2.60. The second kappa shape index (κ2) is 5.33. The van der Waals surface area contributed by atoms with E-state index in [0.29, 0.717) is 12.5 Å². The lowest BCUT2D eigenvalue weighted by atomic mass is 9.83. The van der Waals surface area contributed by atoms with Gasteiger partial charge >= 0.3 is 0 Å². The number of rotatable bonds is 5. The first-order valence-corrected chi connectivity index (χ1v) is 7.33. The van der Waals surface area contributed by atoms with Gasteiger partial charge in [-0.1, -0.05) is 13.8 Å². The molecule has 1 spiro atoms. The van der Waals surface area contributed by atoms with Gasteiger partial charge < -0.3 is 15.7 Å². The lowest BCUT2D eigenvalue weighted by Gasteiger charge is -2.54. The molecule has 3 atom stereocenters. The molecule has 0 saturated carbocycles. The first-order valence-electron chi connectivity index (χ1n) is 7.33. The van der Waals surface area contributed by atoms with Gasteiger partial charge in [0, 0.05) is 13.1 Å². The predicted molar refractivity (Wildman–Crippen MR) is 74.8 cm³/mol. The first kappa shape index (κ1) is 15.3. The van der Waals surface area contributed by atoms with E-state index < -0.39 is 23.6 Å². The van der Waals surface area contributed by atoms with Crippen molar-refractivity contribution in [3.05, 3.63) is 0 Å². The summed E-state index contributed by atoms with van der Waals surface area (Å²) >= 11 is 0. The fourth-order valence-corrected chi connectivity index (χ4v) is 3.54. The quantitative estimate of drug-likeness (QED) is 0.669. The van der Waals surface area contributed by atoms with E-state index in [1.807, 2.05) is 0 Å². The topological polar surface area (TPSA) is 86.9 Å². The number of carbonyl (C=O) groups excluding carboxylic acids is 2. The van der Waals surface area contributed by atoms with E-state index in [2.05, 4.69) is 18.7 Å². The van der Waals surface area contributed by atoms with E-state index >= 15 is 0 Å². The summed E-state index contributed by atoms with van der Waals surface area (Å²) in [5.41, 5.74) is 4.85. The van der Waals surface area contributed by atoms with Crippen LogP contribution in [0.2, 0.25) is 0 Å². The van der Waals surface area contributed by atoms with Crippen molar-refractivity contribution in [2.24, 2.45) is 11.7 Å². The highest BCUT2D eigenvalue weighted by Crippen LogP contribution is 2.40. The lowest BCUT2D eigenvalue weighted by Crippen LogP contribution is -2.76. The zero-order valence-electron chi connectivity index (χ0n) is 12.5. The van der Waals surface area contributed by atoms with E-state index in [1.54, 1.807) is 0 Å². The number of hydrogen-bond donors (Lipinski definition) is 2. The molecule has 2 amide bonds. The molecule has 0 bridgehead atoms. The van der Waals surface area contributed by atoms with Gasteiger partial charge in [0.05, 0.1) is 6.10 Å². The fraction of sp³-hybridized carbons (Fsp3) is 0.857. The number of primary amides is 1. The molecule has 0 aromatic carbocycles. The Morgan fingerprint density at radius 2 is 2.10 bits per heavy atom. The maximum absolute atomic E-state index is 12.6. The number of likely N-dealkylation sites (tertiary alicyclic amines) is 2. The van der Waals surface area contributed by atoms with Gasteiger partial charge in [0.2, 0.25) is 11.8 Å². The van der Waals surface area contributed by atoms with Crippen molar-refractivity contribution in [1.82, 2.24) is 9.80 Å². The standard InChI is InChI=1S/C14H25N3O3/c1-9(2)7-16-6-4-5-14(16)8-17(13(14)20)11(10(3)18)12(15)19/h9-11,18H,4-8H2,1-3H3,(H2,15,19)/t10-,11+,14-/m1/s1. The second-order valence-corrected chi connectivity index (χ2v) is 6.50. The SMILES string of the molecule is CC(C)CN1CCC[C@]12CN([C@H](C(N)=O)[C@@H](C)O)C2=O. The monoisotopic (exact) mass is 283 g/mol. The molecule has 6 heteroatoms. The Kier molecular flexibility index (Phi) is 4.07. The van der Waals surface area contributed by atoms with E-state index in [4.69, 9.17) is 5.73 Å². The van der Waals surface area contributed by atoms with Crippen molar-refractivity contribution in [2.75, 3.05) is 19.6 Å². The molecule has 2 saturated heterocycles. The summed E-state index contributed by atoms with van der Waals surface area (Å²) < 4.78 is 0. The third-order valence-electron chi connectivity index (χ3n) is 4.38. The Balaban J connectivity index is 2.12. The largest absolute Gasteiger partial charge is 0.391 e. The molecule has 20 heavy (non-hydrogen) atoms. The van der Waals surface area contributed by atoms with Crippen LogP contribution in [0, 0.1) is 5.92 Å². The van der Waals surface area contributed by atoms with Gasteiger partial charge in [0.25, 0.3) is 0 Å². The van der Waals surface area contributed by atoms with Crippen LogP contribution in [0.1, 0.15) is 33.6 Å². The fourth-order valence-electron chi connectivity index (χ4n) is 3.54. The highest BCUT2D eigenvalue weighted by atomic mass is 16.3. The van der Waals surface area contributed by atoms with Crippen LogP contribution in [0.5, 0.6) is 0 Å². The highest BCUT2D eigenvalue weighted by molar-refractivity contribution is 5.97. The van der Waals surface area contributed by atoms with Gasteiger partial charge in [-0.25, -0.2) is 0 Å². The maximum atomic E-state index is 12.6. The number of nitrogens with zero attached hydrogens (tertiary/aromatic N) is 2. The molecule has 2 aliphatic rings. The van der Waals surface area contributed by atoms with Gasteiger partial charge in [-0.3, -0.25) is 14.5 Å². The smallest absolute Gasteiger partial charge is 0.245 e. The van der Waals surface area contributed by atoms with Gasteiger partial charge in [-0.15, -0.1) is 0 Å². The average molecular weight is 283 g/mol. The van der Waals surface area contributed by atoms with Gasteiger partial charge in [-0.05, 0) is 32.2 Å². The molecule has 0 aliphatic carbocycles. The minimum absolute atomic E-state index is 0.0552. The van der Waals surface area contributed by atoms with Gasteiger partial charge in [0.15, 0.2) is 0 Å². The van der Waals surface area contributed by atoms with Crippen LogP contribution in [0.15, 0.2) is 0 Å². The Bertz CT molecular complexity index is 410. The number of nitrogens with two attached hydrogens (primary N) is 1. The van der Waals surface area contributed by atoms with Crippen molar-refractivity contribution < 1.29 is 14.7 Å². The first-order chi connectivity index (χ1) is 9.29.